The highest BCUT2D eigenvalue weighted by Crippen LogP contribution is 2.20. The van der Waals surface area contributed by atoms with Crippen molar-refractivity contribution in [1.82, 2.24) is 10.1 Å². The van der Waals surface area contributed by atoms with Gasteiger partial charge in [-0.25, -0.2) is 0 Å². The van der Waals surface area contributed by atoms with Gasteiger partial charge in [-0.05, 0) is 37.3 Å². The molecule has 1 heterocycles. The van der Waals surface area contributed by atoms with Crippen molar-refractivity contribution >= 4 is 17.3 Å². The van der Waals surface area contributed by atoms with E-state index in [1.165, 1.54) is 18.2 Å². The lowest BCUT2D eigenvalue weighted by Gasteiger charge is -2.05. The van der Waals surface area contributed by atoms with Gasteiger partial charge in [0.1, 0.15) is 0 Å². The zero-order valence-electron chi connectivity index (χ0n) is 12.6. The number of nitro benzene ring substituents is 1. The molecule has 1 amide bonds. The molecule has 0 aliphatic heterocycles. The Kier molecular flexibility index (Phi) is 4.02. The van der Waals surface area contributed by atoms with Crippen LogP contribution in [0.4, 0.5) is 11.4 Å². The molecule has 8 nitrogen and oxygen atoms in total. The third kappa shape index (κ3) is 3.27. The van der Waals surface area contributed by atoms with Gasteiger partial charge < -0.3 is 9.84 Å². The van der Waals surface area contributed by atoms with E-state index in [0.717, 1.165) is 0 Å². The number of nitro groups is 1. The molecule has 2 aromatic carbocycles. The van der Waals surface area contributed by atoms with Crippen LogP contribution in [-0.4, -0.2) is 21.0 Å². The summed E-state index contributed by atoms with van der Waals surface area (Å²) in [5, 5.41) is 17.1. The molecule has 0 aliphatic rings. The van der Waals surface area contributed by atoms with Gasteiger partial charge in [0, 0.05) is 28.9 Å². The number of hydrogen-bond acceptors (Lipinski definition) is 6. The number of aromatic nitrogens is 2. The predicted octanol–water partition coefficient (Wildman–Crippen LogP) is 3.21. The van der Waals surface area contributed by atoms with Gasteiger partial charge in [-0.15, -0.1) is 0 Å². The zero-order valence-corrected chi connectivity index (χ0v) is 12.6. The monoisotopic (exact) mass is 324 g/mol. The van der Waals surface area contributed by atoms with E-state index in [1.54, 1.807) is 37.3 Å². The maximum absolute atomic E-state index is 12.2. The topological polar surface area (TPSA) is 111 Å². The molecule has 120 valence electrons. The third-order valence-corrected chi connectivity index (χ3v) is 3.24. The molecule has 1 N–H and O–H groups in total. The van der Waals surface area contributed by atoms with Crippen LogP contribution in [0.5, 0.6) is 0 Å². The number of nitrogens with zero attached hydrogens (tertiary/aromatic N) is 3. The van der Waals surface area contributed by atoms with Crippen molar-refractivity contribution in [2.45, 2.75) is 6.92 Å². The van der Waals surface area contributed by atoms with Gasteiger partial charge in [-0.2, -0.15) is 4.98 Å². The van der Waals surface area contributed by atoms with E-state index >= 15 is 0 Å². The molecule has 0 saturated carbocycles. The minimum absolute atomic E-state index is 0.0880. The van der Waals surface area contributed by atoms with Gasteiger partial charge in [0.2, 0.25) is 0 Å². The maximum atomic E-state index is 12.2. The Morgan fingerprint density at radius 1 is 1.21 bits per heavy atom. The van der Waals surface area contributed by atoms with Gasteiger partial charge in [-0.1, -0.05) is 11.2 Å². The number of anilines is 1. The van der Waals surface area contributed by atoms with E-state index in [4.69, 9.17) is 4.52 Å². The lowest BCUT2D eigenvalue weighted by molar-refractivity contribution is -0.384. The van der Waals surface area contributed by atoms with E-state index in [-0.39, 0.29) is 11.6 Å². The highest BCUT2D eigenvalue weighted by Gasteiger charge is 2.11. The second kappa shape index (κ2) is 6.29. The third-order valence-electron chi connectivity index (χ3n) is 3.24. The molecule has 0 fully saturated rings. The van der Waals surface area contributed by atoms with Crippen LogP contribution < -0.4 is 5.32 Å². The number of benzene rings is 2. The van der Waals surface area contributed by atoms with Crippen molar-refractivity contribution < 1.29 is 14.2 Å². The van der Waals surface area contributed by atoms with E-state index in [2.05, 4.69) is 15.5 Å². The summed E-state index contributed by atoms with van der Waals surface area (Å²) in [5.74, 6) is 0.527. The van der Waals surface area contributed by atoms with E-state index in [1.807, 2.05) is 0 Å². The zero-order chi connectivity index (χ0) is 17.1. The molecule has 0 radical (unpaired) electrons. The Balaban J connectivity index is 1.76. The van der Waals surface area contributed by atoms with Crippen LogP contribution in [0, 0.1) is 17.0 Å². The highest BCUT2D eigenvalue weighted by atomic mass is 16.6. The summed E-state index contributed by atoms with van der Waals surface area (Å²) < 4.78 is 5.06. The first-order chi connectivity index (χ1) is 11.5. The van der Waals surface area contributed by atoms with E-state index < -0.39 is 4.92 Å². The molecule has 0 aliphatic carbocycles. The summed E-state index contributed by atoms with van der Waals surface area (Å²) in [6, 6.07) is 12.4. The molecule has 24 heavy (non-hydrogen) atoms. The average Bonchev–Trinajstić information content (AvgIpc) is 3.01. The van der Waals surface area contributed by atoms with Crippen molar-refractivity contribution in [2.75, 3.05) is 5.32 Å². The first kappa shape index (κ1) is 15.3. The number of carbonyl (C=O) groups is 1. The maximum Gasteiger partial charge on any atom is 0.271 e. The van der Waals surface area contributed by atoms with Crippen molar-refractivity contribution in [3.63, 3.8) is 0 Å². The number of carbonyl (C=O) groups excluding carboxylic acids is 1. The van der Waals surface area contributed by atoms with Gasteiger partial charge in [0.15, 0.2) is 5.82 Å². The lowest BCUT2D eigenvalue weighted by Crippen LogP contribution is -2.11. The fourth-order valence-corrected chi connectivity index (χ4v) is 2.08. The summed E-state index contributed by atoms with van der Waals surface area (Å²) in [5.41, 5.74) is 1.37. The molecule has 0 unspecified atom stereocenters. The van der Waals surface area contributed by atoms with Crippen LogP contribution in [0.25, 0.3) is 11.5 Å². The fourth-order valence-electron chi connectivity index (χ4n) is 2.08. The van der Waals surface area contributed by atoms with Crippen LogP contribution in [0.3, 0.4) is 0 Å². The van der Waals surface area contributed by atoms with Crippen molar-refractivity contribution in [3.8, 4) is 11.5 Å². The van der Waals surface area contributed by atoms with Gasteiger partial charge in [-0.3, -0.25) is 14.9 Å². The summed E-state index contributed by atoms with van der Waals surface area (Å²) >= 11 is 0. The Labute approximate surface area is 136 Å². The second-order valence-electron chi connectivity index (χ2n) is 4.99. The summed E-state index contributed by atoms with van der Waals surface area (Å²) in [4.78, 5) is 26.6. The normalized spacial score (nSPS) is 10.4. The molecule has 3 rings (SSSR count). The number of nitrogens with one attached hydrogen (secondary N) is 1. The quantitative estimate of drug-likeness (QED) is 0.582. The van der Waals surface area contributed by atoms with Crippen LogP contribution in [0.15, 0.2) is 53.1 Å². The van der Waals surface area contributed by atoms with E-state index in [0.29, 0.717) is 28.5 Å². The Bertz CT molecular complexity index is 902. The molecule has 0 atom stereocenters. The number of rotatable bonds is 4. The number of amides is 1. The number of non-ortho nitro benzene ring substituents is 1. The van der Waals surface area contributed by atoms with Crippen LogP contribution >= 0.6 is 0 Å². The average molecular weight is 324 g/mol. The first-order valence-corrected chi connectivity index (χ1v) is 6.99. The molecule has 1 aromatic heterocycles. The minimum Gasteiger partial charge on any atom is -0.334 e. The smallest absolute Gasteiger partial charge is 0.271 e. The van der Waals surface area contributed by atoms with Crippen molar-refractivity contribution in [1.29, 1.82) is 0 Å². The van der Waals surface area contributed by atoms with Crippen molar-refractivity contribution in [3.05, 3.63) is 70.0 Å². The van der Waals surface area contributed by atoms with Gasteiger partial charge >= 0.3 is 0 Å². The standard InChI is InChI=1S/C16H12N4O4/c1-10-17-16(24-19-10)12-7-5-11(6-8-12)15(21)18-13-3-2-4-14(9-13)20(22)23/h2-9H,1H3,(H,18,21). The molecule has 0 saturated heterocycles. The van der Waals surface area contributed by atoms with Crippen molar-refractivity contribution in [2.24, 2.45) is 0 Å². The highest BCUT2D eigenvalue weighted by molar-refractivity contribution is 6.04. The summed E-state index contributed by atoms with van der Waals surface area (Å²) in [6.07, 6.45) is 0. The van der Waals surface area contributed by atoms with E-state index in [9.17, 15) is 14.9 Å². The Hall–Kier alpha value is -3.55. The minimum atomic E-state index is -0.517. The second-order valence-corrected chi connectivity index (χ2v) is 4.99. The molecule has 8 heteroatoms. The number of aryl methyl sites for hydroxylation is 1. The number of hydrogen-bond donors (Lipinski definition) is 1. The molecular formula is C16H12N4O4. The first-order valence-electron chi connectivity index (χ1n) is 6.99. The molecular weight excluding hydrogens is 312 g/mol. The lowest BCUT2D eigenvalue weighted by atomic mass is 10.1. The molecule has 0 spiro atoms. The van der Waals surface area contributed by atoms with Crippen LogP contribution in [0.1, 0.15) is 16.2 Å². The van der Waals surface area contributed by atoms with Gasteiger partial charge in [0.05, 0.1) is 4.92 Å². The van der Waals surface area contributed by atoms with Gasteiger partial charge in [0.25, 0.3) is 17.5 Å². The Morgan fingerprint density at radius 3 is 2.58 bits per heavy atom. The SMILES string of the molecule is Cc1noc(-c2ccc(C(=O)Nc3cccc([N+](=O)[O-])c3)cc2)n1. The summed E-state index contributed by atoms with van der Waals surface area (Å²) in [6.45, 7) is 1.72. The largest absolute Gasteiger partial charge is 0.334 e. The fraction of sp³-hybridized carbons (Fsp3) is 0.0625. The molecule has 3 aromatic rings. The van der Waals surface area contributed by atoms with Crippen LogP contribution in [-0.2, 0) is 0 Å². The summed E-state index contributed by atoms with van der Waals surface area (Å²) in [7, 11) is 0. The van der Waals surface area contributed by atoms with Crippen LogP contribution in [0.2, 0.25) is 0 Å². The molecule has 0 bridgehead atoms. The Morgan fingerprint density at radius 2 is 1.96 bits per heavy atom. The predicted molar refractivity (Wildman–Crippen MR) is 85.5 cm³/mol.